The van der Waals surface area contributed by atoms with Gasteiger partial charge in [0.1, 0.15) is 24.9 Å². The zero-order chi connectivity index (χ0) is 10.7. The summed E-state index contributed by atoms with van der Waals surface area (Å²) in [5, 5.41) is 30.1. The zero-order valence-electron chi connectivity index (χ0n) is 7.75. The summed E-state index contributed by atoms with van der Waals surface area (Å²) in [5.41, 5.74) is 0. The van der Waals surface area contributed by atoms with Gasteiger partial charge >= 0.3 is 0 Å². The highest BCUT2D eigenvalue weighted by atomic mass is 16.5. The fourth-order valence-corrected chi connectivity index (χ4v) is 1.28. The number of amides is 1. The molecule has 4 atom stereocenters. The Labute approximate surface area is 81.5 Å². The predicted molar refractivity (Wildman–Crippen MR) is 45.9 cm³/mol. The van der Waals surface area contributed by atoms with E-state index in [-0.39, 0.29) is 12.5 Å². The van der Waals surface area contributed by atoms with Crippen LogP contribution in [0.2, 0.25) is 0 Å². The number of hydrogen-bond donors (Lipinski definition) is 4. The smallest absolute Gasteiger partial charge is 0.217 e. The molecule has 0 spiro atoms. The Balaban J connectivity index is 2.54. The summed E-state index contributed by atoms with van der Waals surface area (Å²) >= 11 is 0. The molecule has 0 bridgehead atoms. The molecule has 0 aliphatic carbocycles. The Morgan fingerprint density at radius 1 is 1.50 bits per heavy atom. The zero-order valence-corrected chi connectivity index (χ0v) is 7.75. The SMILES string of the molecule is CC(=O)N[C@H]1[CH]O[C@H](CO)[C@@H](O)[C@H]1O. The third-order valence-electron chi connectivity index (χ3n) is 2.05. The fraction of sp³-hybridized carbons (Fsp3) is 0.750. The van der Waals surface area contributed by atoms with Crippen molar-refractivity contribution in [3.05, 3.63) is 6.61 Å². The second-order valence-electron chi connectivity index (χ2n) is 3.20. The molecule has 4 N–H and O–H groups in total. The molecule has 1 amide bonds. The molecule has 14 heavy (non-hydrogen) atoms. The third kappa shape index (κ3) is 2.42. The van der Waals surface area contributed by atoms with Crippen molar-refractivity contribution in [2.75, 3.05) is 6.61 Å². The van der Waals surface area contributed by atoms with Crippen LogP contribution in [0.5, 0.6) is 0 Å². The first-order chi connectivity index (χ1) is 6.56. The van der Waals surface area contributed by atoms with E-state index in [1.165, 1.54) is 13.5 Å². The van der Waals surface area contributed by atoms with Gasteiger partial charge in [-0.15, -0.1) is 0 Å². The van der Waals surface area contributed by atoms with Gasteiger partial charge in [-0.05, 0) is 0 Å². The van der Waals surface area contributed by atoms with Crippen LogP contribution in [-0.2, 0) is 9.53 Å². The van der Waals surface area contributed by atoms with Gasteiger partial charge in [0.05, 0.1) is 12.6 Å². The molecule has 0 aromatic heterocycles. The van der Waals surface area contributed by atoms with E-state index in [2.05, 4.69) is 5.32 Å². The Kier molecular flexibility index (Phi) is 3.82. The predicted octanol–water partition coefficient (Wildman–Crippen LogP) is -2.23. The second-order valence-corrected chi connectivity index (χ2v) is 3.20. The van der Waals surface area contributed by atoms with Crippen LogP contribution in [0, 0.1) is 6.61 Å². The van der Waals surface area contributed by atoms with Crippen molar-refractivity contribution in [3.63, 3.8) is 0 Å². The summed E-state index contributed by atoms with van der Waals surface area (Å²) in [6, 6.07) is -0.745. The molecule has 6 heteroatoms. The lowest BCUT2D eigenvalue weighted by Gasteiger charge is -2.36. The van der Waals surface area contributed by atoms with Crippen molar-refractivity contribution in [3.8, 4) is 0 Å². The molecule has 1 heterocycles. The highest BCUT2D eigenvalue weighted by Crippen LogP contribution is 2.17. The van der Waals surface area contributed by atoms with E-state index in [4.69, 9.17) is 9.84 Å². The average Bonchev–Trinajstić information content (AvgIpc) is 2.13. The quantitative estimate of drug-likeness (QED) is 0.408. The summed E-state index contributed by atoms with van der Waals surface area (Å²) in [7, 11) is 0. The Hall–Kier alpha value is -0.690. The molecule has 0 aromatic carbocycles. The van der Waals surface area contributed by atoms with Crippen LogP contribution in [0.15, 0.2) is 0 Å². The molecule has 81 valence electrons. The van der Waals surface area contributed by atoms with Gasteiger partial charge < -0.3 is 25.4 Å². The lowest BCUT2D eigenvalue weighted by molar-refractivity contribution is -0.144. The number of carbonyl (C=O) groups is 1. The summed E-state index contributed by atoms with van der Waals surface area (Å²) < 4.78 is 4.92. The molecule has 0 aromatic rings. The molecule has 1 fully saturated rings. The minimum absolute atomic E-state index is 0.330. The number of ether oxygens (including phenoxy) is 1. The van der Waals surface area contributed by atoms with E-state index in [9.17, 15) is 15.0 Å². The normalized spacial score (nSPS) is 38.0. The summed E-state index contributed by atoms with van der Waals surface area (Å²) in [6.07, 6.45) is -3.21. The van der Waals surface area contributed by atoms with Gasteiger partial charge in [0, 0.05) is 6.92 Å². The Bertz CT molecular complexity index is 210. The average molecular weight is 204 g/mol. The van der Waals surface area contributed by atoms with Crippen LogP contribution in [-0.4, -0.2) is 52.2 Å². The minimum atomic E-state index is -1.21. The summed E-state index contributed by atoms with van der Waals surface area (Å²) in [4.78, 5) is 10.7. The fourth-order valence-electron chi connectivity index (χ4n) is 1.28. The monoisotopic (exact) mass is 204 g/mol. The van der Waals surface area contributed by atoms with E-state index in [1.807, 2.05) is 0 Å². The number of aliphatic hydroxyl groups is 3. The summed E-state index contributed by atoms with van der Waals surface area (Å²) in [5.74, 6) is -0.330. The van der Waals surface area contributed by atoms with E-state index >= 15 is 0 Å². The maximum atomic E-state index is 10.7. The lowest BCUT2D eigenvalue weighted by atomic mass is 9.98. The first kappa shape index (κ1) is 11.4. The molecule has 1 rings (SSSR count). The van der Waals surface area contributed by atoms with Crippen LogP contribution >= 0.6 is 0 Å². The van der Waals surface area contributed by atoms with Crippen LogP contribution in [0.1, 0.15) is 6.92 Å². The van der Waals surface area contributed by atoms with Gasteiger partial charge in [-0.25, -0.2) is 0 Å². The van der Waals surface area contributed by atoms with Gasteiger partial charge in [-0.2, -0.15) is 0 Å². The molecule has 1 aliphatic heterocycles. The van der Waals surface area contributed by atoms with Gasteiger partial charge in [0.25, 0.3) is 0 Å². The number of carbonyl (C=O) groups excluding carboxylic acids is 1. The Morgan fingerprint density at radius 2 is 2.14 bits per heavy atom. The van der Waals surface area contributed by atoms with E-state index in [0.29, 0.717) is 0 Å². The van der Waals surface area contributed by atoms with E-state index < -0.39 is 24.4 Å². The molecule has 0 unspecified atom stereocenters. The largest absolute Gasteiger partial charge is 0.394 e. The van der Waals surface area contributed by atoms with E-state index in [1.54, 1.807) is 0 Å². The standard InChI is InChI=1S/C8H14NO5/c1-4(11)9-5-3-14-6(2-10)8(13)7(5)12/h3,5-8,10,12-13H,2H2,1H3,(H,9,11)/t5-,6+,7-,8+/m0/s1. The molecule has 6 nitrogen and oxygen atoms in total. The lowest BCUT2D eigenvalue weighted by Crippen LogP contribution is -2.57. The van der Waals surface area contributed by atoms with Gasteiger partial charge in [0.15, 0.2) is 0 Å². The summed E-state index contributed by atoms with van der Waals surface area (Å²) in [6.45, 7) is 2.12. The number of hydrogen-bond acceptors (Lipinski definition) is 5. The van der Waals surface area contributed by atoms with Crippen molar-refractivity contribution < 1.29 is 24.9 Å². The molecule has 1 aliphatic rings. The molecule has 1 saturated heterocycles. The molecular formula is C8H14NO5. The van der Waals surface area contributed by atoms with Crippen molar-refractivity contribution in [2.24, 2.45) is 0 Å². The maximum Gasteiger partial charge on any atom is 0.217 e. The number of rotatable bonds is 2. The Morgan fingerprint density at radius 3 is 2.64 bits per heavy atom. The van der Waals surface area contributed by atoms with Gasteiger partial charge in [-0.1, -0.05) is 0 Å². The number of nitrogens with one attached hydrogen (secondary N) is 1. The molecular weight excluding hydrogens is 190 g/mol. The van der Waals surface area contributed by atoms with Crippen LogP contribution in [0.25, 0.3) is 0 Å². The third-order valence-corrected chi connectivity index (χ3v) is 2.05. The van der Waals surface area contributed by atoms with Gasteiger partial charge in [-0.3, -0.25) is 4.79 Å². The van der Waals surface area contributed by atoms with Gasteiger partial charge in [0.2, 0.25) is 5.91 Å². The van der Waals surface area contributed by atoms with Crippen LogP contribution in [0.4, 0.5) is 0 Å². The minimum Gasteiger partial charge on any atom is -0.394 e. The first-order valence-corrected chi connectivity index (χ1v) is 4.29. The van der Waals surface area contributed by atoms with E-state index in [0.717, 1.165) is 0 Å². The van der Waals surface area contributed by atoms with Crippen molar-refractivity contribution >= 4 is 5.91 Å². The van der Waals surface area contributed by atoms with Crippen molar-refractivity contribution in [1.82, 2.24) is 5.32 Å². The van der Waals surface area contributed by atoms with Crippen LogP contribution < -0.4 is 5.32 Å². The topological polar surface area (TPSA) is 99.0 Å². The second kappa shape index (κ2) is 4.70. The van der Waals surface area contributed by atoms with Crippen molar-refractivity contribution in [2.45, 2.75) is 31.3 Å². The van der Waals surface area contributed by atoms with Crippen LogP contribution in [0.3, 0.4) is 0 Å². The maximum absolute atomic E-state index is 10.7. The number of aliphatic hydroxyl groups excluding tert-OH is 3. The highest BCUT2D eigenvalue weighted by molar-refractivity contribution is 5.73. The molecule has 0 saturated carbocycles. The first-order valence-electron chi connectivity index (χ1n) is 4.29. The molecule has 1 radical (unpaired) electrons. The highest BCUT2D eigenvalue weighted by Gasteiger charge is 2.38. The van der Waals surface area contributed by atoms with Crippen molar-refractivity contribution in [1.29, 1.82) is 0 Å².